The minimum Gasteiger partial charge on any atom is -0.338 e. The van der Waals surface area contributed by atoms with Gasteiger partial charge in [0.25, 0.3) is 0 Å². The lowest BCUT2D eigenvalue weighted by Crippen LogP contribution is -2.33. The van der Waals surface area contributed by atoms with Crippen molar-refractivity contribution in [1.29, 1.82) is 0 Å². The molecule has 1 atom stereocenters. The van der Waals surface area contributed by atoms with E-state index in [1.807, 2.05) is 20.8 Å². The normalized spacial score (nSPS) is 23.4. The van der Waals surface area contributed by atoms with Crippen LogP contribution in [-0.2, 0) is 0 Å². The van der Waals surface area contributed by atoms with Crippen LogP contribution in [0.5, 0.6) is 0 Å². The highest BCUT2D eigenvalue weighted by Gasteiger charge is 2.33. The van der Waals surface area contributed by atoms with E-state index in [-0.39, 0.29) is 11.6 Å². The zero-order valence-corrected chi connectivity index (χ0v) is 10.3. The van der Waals surface area contributed by atoms with Crippen LogP contribution in [0, 0.1) is 6.92 Å². The van der Waals surface area contributed by atoms with Crippen molar-refractivity contribution in [2.45, 2.75) is 59.0 Å². The van der Waals surface area contributed by atoms with Crippen LogP contribution in [-0.4, -0.2) is 15.7 Å². The van der Waals surface area contributed by atoms with Crippen LogP contribution in [0.3, 0.4) is 0 Å². The van der Waals surface area contributed by atoms with Crippen molar-refractivity contribution in [3.8, 4) is 0 Å². The first-order valence-corrected chi connectivity index (χ1v) is 5.65. The molecular formula is C11H21N3O. The molecule has 1 aliphatic rings. The van der Waals surface area contributed by atoms with Gasteiger partial charge in [-0.25, -0.2) is 0 Å². The Morgan fingerprint density at radius 3 is 2.47 bits per heavy atom. The lowest BCUT2D eigenvalue weighted by Gasteiger charge is -2.18. The van der Waals surface area contributed by atoms with E-state index in [1.165, 1.54) is 0 Å². The first-order chi connectivity index (χ1) is 7.07. The molecule has 1 aliphatic heterocycles. The number of aryl methyl sites for hydroxylation is 1. The fourth-order valence-corrected chi connectivity index (χ4v) is 1.76. The van der Waals surface area contributed by atoms with E-state index in [2.05, 4.69) is 29.3 Å². The molecule has 1 aromatic rings. The Morgan fingerprint density at radius 2 is 2.07 bits per heavy atom. The predicted molar refractivity (Wildman–Crippen MR) is 59.6 cm³/mol. The predicted octanol–water partition coefficient (Wildman–Crippen LogP) is 2.61. The number of hydrogen-bond acceptors (Lipinski definition) is 4. The molecule has 2 heterocycles. The molecule has 0 amide bonds. The average molecular weight is 211 g/mol. The fourth-order valence-electron chi connectivity index (χ4n) is 1.76. The summed E-state index contributed by atoms with van der Waals surface area (Å²) in [6.07, 6.45) is 2.23. The molecule has 1 N–H and O–H groups in total. The van der Waals surface area contributed by atoms with Crippen LogP contribution in [0.4, 0.5) is 0 Å². The van der Waals surface area contributed by atoms with Gasteiger partial charge >= 0.3 is 0 Å². The molecule has 0 saturated carbocycles. The molecule has 15 heavy (non-hydrogen) atoms. The molecule has 1 unspecified atom stereocenters. The highest BCUT2D eigenvalue weighted by Crippen LogP contribution is 2.31. The second-order valence-electron chi connectivity index (χ2n) is 4.30. The summed E-state index contributed by atoms with van der Waals surface area (Å²) in [5, 5.41) is 7.25. The number of aromatic nitrogens is 2. The molecule has 1 aromatic heterocycles. The number of hydrogen-bond donors (Lipinski definition) is 1. The molecule has 0 bridgehead atoms. The van der Waals surface area contributed by atoms with Crippen LogP contribution in [0.25, 0.3) is 0 Å². The van der Waals surface area contributed by atoms with E-state index in [4.69, 9.17) is 4.52 Å². The molecule has 2 rings (SSSR count). The lowest BCUT2D eigenvalue weighted by atomic mass is 10.0. The summed E-state index contributed by atoms with van der Waals surface area (Å²) < 4.78 is 5.12. The molecule has 86 valence electrons. The van der Waals surface area contributed by atoms with Crippen molar-refractivity contribution < 1.29 is 4.52 Å². The van der Waals surface area contributed by atoms with Gasteiger partial charge in [0.15, 0.2) is 5.82 Å². The average Bonchev–Trinajstić information content (AvgIpc) is 2.75. The molecule has 0 spiro atoms. The van der Waals surface area contributed by atoms with Gasteiger partial charge in [-0.05, 0) is 33.6 Å². The van der Waals surface area contributed by atoms with Crippen molar-refractivity contribution in [1.82, 2.24) is 15.5 Å². The number of nitrogens with one attached hydrogen (secondary N) is 1. The van der Waals surface area contributed by atoms with E-state index in [0.717, 1.165) is 18.7 Å². The monoisotopic (exact) mass is 211 g/mol. The summed E-state index contributed by atoms with van der Waals surface area (Å²) in [5.74, 6) is 1.43. The summed E-state index contributed by atoms with van der Waals surface area (Å²) in [6, 6.07) is 0.246. The molecule has 0 radical (unpaired) electrons. The molecule has 0 aliphatic carbocycles. The number of nitrogens with zero attached hydrogens (tertiary/aromatic N) is 2. The van der Waals surface area contributed by atoms with E-state index in [1.54, 1.807) is 0 Å². The van der Waals surface area contributed by atoms with E-state index in [9.17, 15) is 0 Å². The van der Waals surface area contributed by atoms with Crippen LogP contribution >= 0.6 is 0 Å². The van der Waals surface area contributed by atoms with E-state index < -0.39 is 0 Å². The van der Waals surface area contributed by atoms with Gasteiger partial charge < -0.3 is 9.84 Å². The Balaban J connectivity index is 0.000000531. The smallest absolute Gasteiger partial charge is 0.243 e. The highest BCUT2D eigenvalue weighted by atomic mass is 16.5. The Bertz CT molecular complexity index is 307. The summed E-state index contributed by atoms with van der Waals surface area (Å²) in [7, 11) is 0. The summed E-state index contributed by atoms with van der Waals surface area (Å²) in [5.41, 5.74) is 0.201. The van der Waals surface area contributed by atoms with Crippen LogP contribution in [0.15, 0.2) is 4.52 Å². The first-order valence-electron chi connectivity index (χ1n) is 5.65. The Labute approximate surface area is 91.5 Å². The molecule has 0 aromatic carbocycles. The second kappa shape index (κ2) is 4.75. The van der Waals surface area contributed by atoms with Gasteiger partial charge in [-0.1, -0.05) is 19.0 Å². The summed E-state index contributed by atoms with van der Waals surface area (Å²) in [4.78, 5) is 4.22. The Hall–Kier alpha value is -0.900. The topological polar surface area (TPSA) is 51.0 Å². The maximum atomic E-state index is 5.12. The lowest BCUT2D eigenvalue weighted by molar-refractivity contribution is 0.326. The van der Waals surface area contributed by atoms with Gasteiger partial charge in [0.2, 0.25) is 5.89 Å². The van der Waals surface area contributed by atoms with Crippen LogP contribution in [0.1, 0.15) is 58.3 Å². The van der Waals surface area contributed by atoms with Crippen molar-refractivity contribution in [3.63, 3.8) is 0 Å². The fraction of sp³-hybridized carbons (Fsp3) is 0.818. The van der Waals surface area contributed by atoms with Gasteiger partial charge in [0.1, 0.15) is 0 Å². The van der Waals surface area contributed by atoms with E-state index >= 15 is 0 Å². The van der Waals surface area contributed by atoms with Crippen molar-refractivity contribution >= 4 is 0 Å². The van der Waals surface area contributed by atoms with Gasteiger partial charge in [0, 0.05) is 5.54 Å². The number of rotatable bonds is 1. The molecule has 1 fully saturated rings. The van der Waals surface area contributed by atoms with Gasteiger partial charge in [-0.3, -0.25) is 0 Å². The van der Waals surface area contributed by atoms with Gasteiger partial charge in [-0.15, -0.1) is 0 Å². The molecule has 1 saturated heterocycles. The largest absolute Gasteiger partial charge is 0.338 e. The third-order valence-electron chi connectivity index (χ3n) is 2.46. The minimum atomic E-state index is 0.201. The maximum absolute atomic E-state index is 5.12. The third kappa shape index (κ3) is 3.02. The second-order valence-corrected chi connectivity index (χ2v) is 4.30. The third-order valence-corrected chi connectivity index (χ3v) is 2.46. The van der Waals surface area contributed by atoms with Crippen molar-refractivity contribution in [3.05, 3.63) is 11.7 Å². The Kier molecular flexibility index (Phi) is 3.85. The van der Waals surface area contributed by atoms with Gasteiger partial charge in [0.05, 0.1) is 6.04 Å². The zero-order chi connectivity index (χ0) is 11.5. The summed E-state index contributed by atoms with van der Waals surface area (Å²) in [6.45, 7) is 10.2. The van der Waals surface area contributed by atoms with Crippen molar-refractivity contribution in [2.75, 3.05) is 0 Å². The van der Waals surface area contributed by atoms with Crippen LogP contribution < -0.4 is 5.32 Å². The highest BCUT2D eigenvalue weighted by molar-refractivity contribution is 5.00. The summed E-state index contributed by atoms with van der Waals surface area (Å²) >= 11 is 0. The van der Waals surface area contributed by atoms with Crippen molar-refractivity contribution in [2.24, 2.45) is 0 Å². The van der Waals surface area contributed by atoms with Crippen LogP contribution in [0.2, 0.25) is 0 Å². The standard InChI is InChI=1S/C9H15N3O.C2H6/c1-6-10-8(13-12-6)7-4-5-9(2,3)11-7;1-2/h7,11H,4-5H2,1-3H3;1-2H3. The minimum absolute atomic E-state index is 0.201. The Morgan fingerprint density at radius 1 is 1.40 bits per heavy atom. The SMILES string of the molecule is CC.Cc1noc(C2CCC(C)(C)N2)n1. The molecule has 4 nitrogen and oxygen atoms in total. The molecule has 4 heteroatoms. The van der Waals surface area contributed by atoms with E-state index in [0.29, 0.717) is 5.82 Å². The maximum Gasteiger partial charge on any atom is 0.243 e. The quantitative estimate of drug-likeness (QED) is 0.775. The first kappa shape index (κ1) is 12.2. The van der Waals surface area contributed by atoms with Gasteiger partial charge in [-0.2, -0.15) is 4.98 Å². The molecular weight excluding hydrogens is 190 g/mol. The zero-order valence-electron chi connectivity index (χ0n) is 10.3.